The maximum absolute atomic E-state index is 12.4. The molecule has 0 atom stereocenters. The lowest BCUT2D eigenvalue weighted by atomic mass is 10.1. The van der Waals surface area contributed by atoms with Crippen molar-refractivity contribution < 1.29 is 4.79 Å². The van der Waals surface area contributed by atoms with Gasteiger partial charge in [0.1, 0.15) is 0 Å². The van der Waals surface area contributed by atoms with Gasteiger partial charge in [-0.2, -0.15) is 10.2 Å². The van der Waals surface area contributed by atoms with E-state index in [2.05, 4.69) is 25.7 Å². The van der Waals surface area contributed by atoms with Crippen LogP contribution in [0.2, 0.25) is 0 Å². The molecule has 4 rings (SSSR count). The molecule has 2 aromatic carbocycles. The van der Waals surface area contributed by atoms with Crippen molar-refractivity contribution in [3.8, 4) is 11.4 Å². The van der Waals surface area contributed by atoms with Gasteiger partial charge in [-0.3, -0.25) is 19.6 Å². The topological polar surface area (TPSA) is 91.4 Å². The van der Waals surface area contributed by atoms with Crippen LogP contribution in [-0.2, 0) is 11.3 Å². The van der Waals surface area contributed by atoms with Gasteiger partial charge in [-0.25, -0.2) is 0 Å². The van der Waals surface area contributed by atoms with Gasteiger partial charge in [-0.15, -0.1) is 0 Å². The molecule has 1 amide bonds. The second-order valence-corrected chi connectivity index (χ2v) is 6.73. The standard InChI is InChI=1S/C19H18N6OS/c1-12-2-4-13(5-3-12)18-23-24-19(27)25(18)9-8-17(26)21-15-6-7-16-14(10-15)11-20-22-16/h2-7,10-11H,8-9H2,1H3,(H,20,22)(H,21,26)(H,24,27). The first kappa shape index (κ1) is 17.2. The smallest absolute Gasteiger partial charge is 0.226 e. The molecule has 0 aliphatic heterocycles. The molecule has 0 unspecified atom stereocenters. The predicted molar refractivity (Wildman–Crippen MR) is 107 cm³/mol. The molecule has 2 aromatic heterocycles. The molecule has 0 saturated heterocycles. The lowest BCUT2D eigenvalue weighted by Crippen LogP contribution is -2.15. The summed E-state index contributed by atoms with van der Waals surface area (Å²) in [6.45, 7) is 2.48. The van der Waals surface area contributed by atoms with E-state index < -0.39 is 0 Å². The van der Waals surface area contributed by atoms with Crippen molar-refractivity contribution >= 4 is 34.7 Å². The summed E-state index contributed by atoms with van der Waals surface area (Å²) in [5, 5.41) is 17.9. The second kappa shape index (κ2) is 7.16. The number of hydrogen-bond donors (Lipinski definition) is 3. The summed E-state index contributed by atoms with van der Waals surface area (Å²) in [6.07, 6.45) is 2.01. The molecule has 0 aliphatic rings. The van der Waals surface area contributed by atoms with E-state index in [9.17, 15) is 4.79 Å². The average Bonchev–Trinajstić information content (AvgIpc) is 3.27. The van der Waals surface area contributed by atoms with E-state index in [1.165, 1.54) is 5.56 Å². The minimum absolute atomic E-state index is 0.0872. The van der Waals surface area contributed by atoms with Gasteiger partial charge in [0.2, 0.25) is 5.91 Å². The minimum atomic E-state index is -0.0872. The van der Waals surface area contributed by atoms with Crippen LogP contribution in [0.25, 0.3) is 22.3 Å². The maximum atomic E-state index is 12.4. The number of benzene rings is 2. The summed E-state index contributed by atoms with van der Waals surface area (Å²) >= 11 is 5.33. The third-order valence-electron chi connectivity index (χ3n) is 4.35. The fourth-order valence-corrected chi connectivity index (χ4v) is 3.13. The van der Waals surface area contributed by atoms with Crippen molar-refractivity contribution in [2.75, 3.05) is 5.32 Å². The molecule has 0 fully saturated rings. The molecular weight excluding hydrogens is 360 g/mol. The lowest BCUT2D eigenvalue weighted by molar-refractivity contribution is -0.116. The van der Waals surface area contributed by atoms with Gasteiger partial charge in [0.25, 0.3) is 0 Å². The Balaban J connectivity index is 1.46. The zero-order chi connectivity index (χ0) is 18.8. The summed E-state index contributed by atoms with van der Waals surface area (Å²) in [6, 6.07) is 13.7. The Morgan fingerprint density at radius 1 is 1.19 bits per heavy atom. The summed E-state index contributed by atoms with van der Waals surface area (Å²) < 4.78 is 2.34. The molecule has 4 aromatic rings. The highest BCUT2D eigenvalue weighted by atomic mass is 32.1. The molecule has 0 bridgehead atoms. The third-order valence-corrected chi connectivity index (χ3v) is 4.67. The number of rotatable bonds is 5. The van der Waals surface area contributed by atoms with Crippen LogP contribution in [0.5, 0.6) is 0 Å². The highest BCUT2D eigenvalue weighted by Gasteiger charge is 2.11. The quantitative estimate of drug-likeness (QED) is 0.460. The molecule has 7 nitrogen and oxygen atoms in total. The Bertz CT molecular complexity index is 1150. The fraction of sp³-hybridized carbons (Fsp3) is 0.158. The van der Waals surface area contributed by atoms with Crippen LogP contribution < -0.4 is 5.32 Å². The van der Waals surface area contributed by atoms with Crippen molar-refractivity contribution in [3.05, 3.63) is 59.0 Å². The fourth-order valence-electron chi connectivity index (χ4n) is 2.91. The van der Waals surface area contributed by atoms with Crippen LogP contribution in [0.15, 0.2) is 48.7 Å². The molecule has 3 N–H and O–H groups in total. The second-order valence-electron chi connectivity index (χ2n) is 6.34. The number of aromatic nitrogens is 5. The molecule has 27 heavy (non-hydrogen) atoms. The summed E-state index contributed by atoms with van der Waals surface area (Å²) in [5.41, 5.74) is 3.80. The van der Waals surface area contributed by atoms with Gasteiger partial charge >= 0.3 is 0 Å². The normalized spacial score (nSPS) is 11.0. The molecule has 2 heterocycles. The first-order chi connectivity index (χ1) is 13.1. The molecule has 0 saturated carbocycles. The van der Waals surface area contributed by atoms with Gasteiger partial charge in [0, 0.05) is 29.6 Å². The van der Waals surface area contributed by atoms with Crippen molar-refractivity contribution in [1.82, 2.24) is 25.0 Å². The van der Waals surface area contributed by atoms with Crippen molar-refractivity contribution in [1.29, 1.82) is 0 Å². The first-order valence-corrected chi connectivity index (χ1v) is 8.96. The van der Waals surface area contributed by atoms with Crippen molar-refractivity contribution in [2.45, 2.75) is 19.9 Å². The highest BCUT2D eigenvalue weighted by molar-refractivity contribution is 7.71. The first-order valence-electron chi connectivity index (χ1n) is 8.55. The SMILES string of the molecule is Cc1ccc(-c2n[nH]c(=S)n2CCC(=O)Nc2ccc3[nH]ncc3c2)cc1. The van der Waals surface area contributed by atoms with Gasteiger partial charge in [-0.1, -0.05) is 29.8 Å². The number of aromatic amines is 2. The van der Waals surface area contributed by atoms with E-state index in [1.54, 1.807) is 6.20 Å². The van der Waals surface area contributed by atoms with Crippen LogP contribution in [-0.4, -0.2) is 30.9 Å². The Kier molecular flexibility index (Phi) is 4.55. The number of aryl methyl sites for hydroxylation is 1. The van der Waals surface area contributed by atoms with Crippen LogP contribution >= 0.6 is 12.2 Å². The van der Waals surface area contributed by atoms with E-state index in [0.717, 1.165) is 28.0 Å². The number of carbonyl (C=O) groups excluding carboxylic acids is 1. The van der Waals surface area contributed by atoms with Gasteiger partial charge in [0.15, 0.2) is 10.6 Å². The zero-order valence-electron chi connectivity index (χ0n) is 14.7. The Hall–Kier alpha value is -3.26. The Morgan fingerprint density at radius 3 is 2.81 bits per heavy atom. The number of H-pyrrole nitrogens is 2. The molecule has 8 heteroatoms. The summed E-state index contributed by atoms with van der Waals surface area (Å²) in [4.78, 5) is 12.4. The number of amides is 1. The van der Waals surface area contributed by atoms with Crippen molar-refractivity contribution in [3.63, 3.8) is 0 Å². The average molecular weight is 378 g/mol. The van der Waals surface area contributed by atoms with E-state index in [-0.39, 0.29) is 12.3 Å². The third kappa shape index (κ3) is 3.65. The summed E-state index contributed by atoms with van der Waals surface area (Å²) in [5.74, 6) is 0.642. The van der Waals surface area contributed by atoms with Crippen LogP contribution in [0.1, 0.15) is 12.0 Å². The highest BCUT2D eigenvalue weighted by Crippen LogP contribution is 2.19. The van der Waals surface area contributed by atoms with Crippen LogP contribution in [0, 0.1) is 11.7 Å². The molecule has 0 radical (unpaired) electrons. The lowest BCUT2D eigenvalue weighted by Gasteiger charge is -2.08. The molecule has 0 aliphatic carbocycles. The minimum Gasteiger partial charge on any atom is -0.326 e. The van der Waals surface area contributed by atoms with E-state index >= 15 is 0 Å². The molecule has 136 valence electrons. The van der Waals surface area contributed by atoms with E-state index in [1.807, 2.05) is 54.0 Å². The van der Waals surface area contributed by atoms with Gasteiger partial charge in [-0.05, 0) is 37.3 Å². The van der Waals surface area contributed by atoms with Crippen LogP contribution in [0.3, 0.4) is 0 Å². The number of hydrogen-bond acceptors (Lipinski definition) is 4. The number of nitrogens with zero attached hydrogens (tertiary/aromatic N) is 3. The van der Waals surface area contributed by atoms with E-state index in [0.29, 0.717) is 11.3 Å². The number of nitrogens with one attached hydrogen (secondary N) is 3. The predicted octanol–water partition coefficient (Wildman–Crippen LogP) is 3.82. The largest absolute Gasteiger partial charge is 0.326 e. The number of anilines is 1. The Morgan fingerprint density at radius 2 is 2.00 bits per heavy atom. The van der Waals surface area contributed by atoms with Crippen molar-refractivity contribution in [2.24, 2.45) is 0 Å². The summed E-state index contributed by atoms with van der Waals surface area (Å²) in [7, 11) is 0. The molecule has 0 spiro atoms. The van der Waals surface area contributed by atoms with Gasteiger partial charge in [0.05, 0.1) is 11.7 Å². The maximum Gasteiger partial charge on any atom is 0.226 e. The van der Waals surface area contributed by atoms with E-state index in [4.69, 9.17) is 12.2 Å². The van der Waals surface area contributed by atoms with Crippen LogP contribution in [0.4, 0.5) is 5.69 Å². The molecular formula is C19H18N6OS. The van der Waals surface area contributed by atoms with Gasteiger partial charge < -0.3 is 5.32 Å². The monoisotopic (exact) mass is 378 g/mol. The number of fused-ring (bicyclic) bond motifs is 1. The Labute approximate surface area is 160 Å². The number of carbonyl (C=O) groups is 1. The zero-order valence-corrected chi connectivity index (χ0v) is 15.5.